The first-order valence-corrected chi connectivity index (χ1v) is 11.5. The number of piperidine rings is 1. The molecular formula is C19H25N3O5S. The average molecular weight is 407 g/mol. The third-order valence-corrected chi connectivity index (χ3v) is 7.16. The summed E-state index contributed by atoms with van der Waals surface area (Å²) in [5.41, 5.74) is 0.0252. The molecule has 2 amide bonds. The molecule has 3 heterocycles. The molecule has 0 aliphatic carbocycles. The van der Waals surface area contributed by atoms with Crippen molar-refractivity contribution < 1.29 is 23.1 Å². The quantitative estimate of drug-likeness (QED) is 0.747. The molecule has 1 spiro atoms. The third kappa shape index (κ3) is 3.66. The second kappa shape index (κ2) is 7.13. The van der Waals surface area contributed by atoms with Gasteiger partial charge in [-0.05, 0) is 25.0 Å². The van der Waals surface area contributed by atoms with Crippen molar-refractivity contribution in [2.45, 2.75) is 43.7 Å². The molecule has 0 saturated carbocycles. The van der Waals surface area contributed by atoms with Gasteiger partial charge in [0, 0.05) is 32.5 Å². The zero-order valence-electron chi connectivity index (χ0n) is 15.9. The number of carbonyl (C=O) groups excluding carboxylic acids is 2. The van der Waals surface area contributed by atoms with Gasteiger partial charge in [0.1, 0.15) is 34.0 Å². The maximum Gasteiger partial charge on any atom is 0.244 e. The van der Waals surface area contributed by atoms with Crippen molar-refractivity contribution in [1.29, 1.82) is 0 Å². The second-order valence-electron chi connectivity index (χ2n) is 7.86. The number of carbonyl (C=O) groups is 2. The normalized spacial score (nSPS) is 26.7. The van der Waals surface area contributed by atoms with Crippen LogP contribution in [-0.4, -0.2) is 63.1 Å². The number of nitrogens with zero attached hydrogens (tertiary/aromatic N) is 2. The van der Waals surface area contributed by atoms with Crippen molar-refractivity contribution in [3.05, 3.63) is 24.3 Å². The molecule has 28 heavy (non-hydrogen) atoms. The topological polar surface area (TPSA) is 102 Å². The van der Waals surface area contributed by atoms with E-state index in [9.17, 15) is 18.4 Å². The number of benzene rings is 1. The van der Waals surface area contributed by atoms with Crippen LogP contribution in [0, 0.1) is 0 Å². The second-order valence-corrected chi connectivity index (χ2v) is 9.80. The number of hydrogen-bond donors (Lipinski definition) is 1. The first-order chi connectivity index (χ1) is 13.3. The summed E-state index contributed by atoms with van der Waals surface area (Å²) >= 11 is 0. The Kier molecular flexibility index (Phi) is 4.93. The molecule has 3 aliphatic rings. The Balaban J connectivity index is 1.46. The van der Waals surface area contributed by atoms with Gasteiger partial charge in [0.25, 0.3) is 0 Å². The fraction of sp³-hybridized carbons (Fsp3) is 0.579. The molecule has 8 nitrogen and oxygen atoms in total. The van der Waals surface area contributed by atoms with Crippen molar-refractivity contribution >= 4 is 27.9 Å². The monoisotopic (exact) mass is 407 g/mol. The Morgan fingerprint density at radius 2 is 2.00 bits per heavy atom. The molecule has 152 valence electrons. The van der Waals surface area contributed by atoms with Crippen LogP contribution in [0.4, 0.5) is 5.69 Å². The largest absolute Gasteiger partial charge is 0.598 e. The van der Waals surface area contributed by atoms with Crippen LogP contribution in [0.5, 0.6) is 5.75 Å². The lowest BCUT2D eigenvalue weighted by Crippen LogP contribution is -2.55. The molecule has 3 aliphatic heterocycles. The van der Waals surface area contributed by atoms with Gasteiger partial charge < -0.3 is 19.5 Å². The Morgan fingerprint density at radius 3 is 2.71 bits per heavy atom. The minimum Gasteiger partial charge on any atom is -0.598 e. The molecule has 0 aromatic heterocycles. The van der Waals surface area contributed by atoms with E-state index in [0.717, 1.165) is 6.26 Å². The van der Waals surface area contributed by atoms with Gasteiger partial charge in [-0.1, -0.05) is 16.3 Å². The van der Waals surface area contributed by atoms with Gasteiger partial charge >= 0.3 is 0 Å². The van der Waals surface area contributed by atoms with Gasteiger partial charge in [0.2, 0.25) is 11.8 Å². The number of rotatable bonds is 2. The zero-order valence-corrected chi connectivity index (χ0v) is 16.7. The van der Waals surface area contributed by atoms with Crippen molar-refractivity contribution in [2.75, 3.05) is 31.2 Å². The standard InChI is InChI=1S/C19H25N3O5S/c1-28(25,26)22-10-4-6-15(22)18(24)21-11-8-19(9-12-21)13-17(23)20-14-5-2-3-7-16(14)27-19/h2-3,5,7,15H,4,6,8-13H2,1H3,(H-,20,23,25,26). The lowest BCUT2D eigenvalue weighted by atomic mass is 9.87. The fourth-order valence-corrected chi connectivity index (χ4v) is 5.54. The van der Waals surface area contributed by atoms with E-state index in [1.165, 1.54) is 4.31 Å². The minimum atomic E-state index is -3.40. The van der Waals surface area contributed by atoms with Crippen molar-refractivity contribution in [2.24, 2.45) is 0 Å². The van der Waals surface area contributed by atoms with Gasteiger partial charge in [-0.25, -0.2) is 0 Å². The molecule has 2 atom stereocenters. The molecule has 0 radical (unpaired) electrons. The van der Waals surface area contributed by atoms with Gasteiger partial charge in [-0.2, -0.15) is 0 Å². The number of anilines is 1. The minimum absolute atomic E-state index is 0.0937. The molecule has 2 unspecified atom stereocenters. The maximum absolute atomic E-state index is 13.0. The highest BCUT2D eigenvalue weighted by Crippen LogP contribution is 2.38. The molecule has 0 bridgehead atoms. The number of ether oxygens (including phenoxy) is 1. The van der Waals surface area contributed by atoms with Crippen molar-refractivity contribution in [3.63, 3.8) is 0 Å². The predicted octanol–water partition coefficient (Wildman–Crippen LogP) is 1.41. The van der Waals surface area contributed by atoms with Crippen LogP contribution in [0.15, 0.2) is 24.3 Å². The summed E-state index contributed by atoms with van der Waals surface area (Å²) in [6.45, 7) is 1.29. The van der Waals surface area contributed by atoms with Crippen LogP contribution in [-0.2, 0) is 24.2 Å². The summed E-state index contributed by atoms with van der Waals surface area (Å²) < 4.78 is 31.5. The van der Waals surface area contributed by atoms with Crippen LogP contribution in [0.1, 0.15) is 32.1 Å². The molecule has 1 aromatic rings. The Morgan fingerprint density at radius 1 is 1.29 bits per heavy atom. The maximum atomic E-state index is 13.0. The van der Waals surface area contributed by atoms with E-state index in [0.29, 0.717) is 56.8 Å². The number of amides is 2. The van der Waals surface area contributed by atoms with E-state index in [4.69, 9.17) is 4.74 Å². The van der Waals surface area contributed by atoms with Crippen LogP contribution in [0.25, 0.3) is 0 Å². The van der Waals surface area contributed by atoms with Gasteiger partial charge in [-0.15, -0.1) is 4.31 Å². The van der Waals surface area contributed by atoms with Crippen LogP contribution < -0.4 is 10.1 Å². The number of sulfonamides is 1. The number of para-hydroxylation sites is 2. The number of likely N-dealkylation sites (tertiary alicyclic amines) is 1. The zero-order chi connectivity index (χ0) is 19.9. The highest BCUT2D eigenvalue weighted by Gasteiger charge is 2.46. The van der Waals surface area contributed by atoms with Gasteiger partial charge in [-0.3, -0.25) is 9.59 Å². The lowest BCUT2D eigenvalue weighted by Gasteiger charge is -2.41. The molecule has 1 N–H and O–H groups in total. The average Bonchev–Trinajstić information content (AvgIpc) is 3.09. The molecule has 9 heteroatoms. The first kappa shape index (κ1) is 19.4. The Labute approximate surface area is 165 Å². The first-order valence-electron chi connectivity index (χ1n) is 9.61. The Hall–Kier alpha value is -1.97. The van der Waals surface area contributed by atoms with Crippen molar-refractivity contribution in [1.82, 2.24) is 9.21 Å². The van der Waals surface area contributed by atoms with Gasteiger partial charge in [0.15, 0.2) is 0 Å². The lowest BCUT2D eigenvalue weighted by molar-refractivity contribution is -0.138. The highest BCUT2D eigenvalue weighted by molar-refractivity contribution is 7.94. The van der Waals surface area contributed by atoms with Crippen LogP contribution in [0.2, 0.25) is 0 Å². The number of nitrogens with one attached hydrogen (secondary N) is 1. The SMILES string of the molecule is C[S+](=O)([O-])N1CCCC1C(=O)N1CCC2(CC1)CC(=O)Nc1ccccc1O2. The number of hydrogen-bond acceptors (Lipinski definition) is 5. The highest BCUT2D eigenvalue weighted by atomic mass is 32.3. The predicted molar refractivity (Wildman–Crippen MR) is 103 cm³/mol. The van der Waals surface area contributed by atoms with Crippen LogP contribution >= 0.6 is 0 Å². The smallest absolute Gasteiger partial charge is 0.244 e. The Bertz CT molecular complexity index is 831. The van der Waals surface area contributed by atoms with E-state index in [2.05, 4.69) is 5.32 Å². The molecular weight excluding hydrogens is 382 g/mol. The van der Waals surface area contributed by atoms with E-state index in [1.807, 2.05) is 24.3 Å². The van der Waals surface area contributed by atoms with E-state index in [-0.39, 0.29) is 18.2 Å². The molecule has 4 rings (SSSR count). The summed E-state index contributed by atoms with van der Waals surface area (Å²) in [7, 11) is -3.40. The number of fused-ring (bicyclic) bond motifs is 1. The molecule has 1 aromatic carbocycles. The molecule has 2 fully saturated rings. The van der Waals surface area contributed by atoms with E-state index in [1.54, 1.807) is 4.90 Å². The van der Waals surface area contributed by atoms with Crippen molar-refractivity contribution in [3.8, 4) is 5.75 Å². The molecule has 2 saturated heterocycles. The third-order valence-electron chi connectivity index (χ3n) is 5.87. The van der Waals surface area contributed by atoms with Gasteiger partial charge in [0.05, 0.1) is 12.1 Å². The van der Waals surface area contributed by atoms with E-state index < -0.39 is 22.0 Å². The summed E-state index contributed by atoms with van der Waals surface area (Å²) in [4.78, 5) is 27.0. The van der Waals surface area contributed by atoms with E-state index >= 15 is 0 Å². The summed E-state index contributed by atoms with van der Waals surface area (Å²) in [5.74, 6) is 0.409. The summed E-state index contributed by atoms with van der Waals surface area (Å²) in [5, 5.41) is 2.88. The van der Waals surface area contributed by atoms with Crippen LogP contribution in [0.3, 0.4) is 0 Å². The summed E-state index contributed by atoms with van der Waals surface area (Å²) in [6, 6.07) is 6.75. The summed E-state index contributed by atoms with van der Waals surface area (Å²) in [6.07, 6.45) is 3.71. The fourth-order valence-electron chi connectivity index (χ4n) is 4.42.